The zero-order valence-corrected chi connectivity index (χ0v) is 23.7. The SMILES string of the molecule is CCCCNC(=O)C(c1c(C)cccc1C)N(CC#N)C(=O)C(Cc1ccc(O)cc1)NC(=O)OC(C)(C)C. The smallest absolute Gasteiger partial charge is 0.408 e. The predicted molar refractivity (Wildman–Crippen MR) is 149 cm³/mol. The summed E-state index contributed by atoms with van der Waals surface area (Å²) in [6.45, 7) is 10.9. The number of benzene rings is 2. The summed E-state index contributed by atoms with van der Waals surface area (Å²) in [5, 5.41) is 25.0. The zero-order valence-electron chi connectivity index (χ0n) is 23.7. The molecule has 2 rings (SSSR count). The van der Waals surface area contributed by atoms with Crippen molar-refractivity contribution < 1.29 is 24.2 Å². The minimum absolute atomic E-state index is 0.0528. The Kier molecular flexibility index (Phi) is 11.3. The van der Waals surface area contributed by atoms with Crippen LogP contribution in [-0.4, -0.2) is 52.6 Å². The number of ether oxygens (including phenoxy) is 1. The average molecular weight is 537 g/mol. The van der Waals surface area contributed by atoms with Crippen molar-refractivity contribution >= 4 is 17.9 Å². The number of hydrogen-bond donors (Lipinski definition) is 3. The van der Waals surface area contributed by atoms with Crippen LogP contribution in [0.25, 0.3) is 0 Å². The van der Waals surface area contributed by atoms with Gasteiger partial charge in [0.05, 0.1) is 6.07 Å². The molecule has 0 saturated heterocycles. The number of hydrogen-bond acceptors (Lipinski definition) is 6. The summed E-state index contributed by atoms with van der Waals surface area (Å²) < 4.78 is 5.41. The molecule has 2 aromatic carbocycles. The maximum atomic E-state index is 14.2. The van der Waals surface area contributed by atoms with Crippen LogP contribution in [0.4, 0.5) is 4.79 Å². The minimum Gasteiger partial charge on any atom is -0.508 e. The number of carbonyl (C=O) groups is 3. The van der Waals surface area contributed by atoms with E-state index < -0.39 is 35.6 Å². The van der Waals surface area contributed by atoms with Crippen LogP contribution in [0.3, 0.4) is 0 Å². The normalized spacial score (nSPS) is 12.5. The highest BCUT2D eigenvalue weighted by molar-refractivity contribution is 5.93. The lowest BCUT2D eigenvalue weighted by molar-refractivity contribution is -0.141. The van der Waals surface area contributed by atoms with E-state index in [9.17, 15) is 24.8 Å². The van der Waals surface area contributed by atoms with Gasteiger partial charge in [-0.3, -0.25) is 9.59 Å². The quantitative estimate of drug-likeness (QED) is 0.287. The Hall–Kier alpha value is -4.06. The maximum Gasteiger partial charge on any atom is 0.408 e. The number of amides is 3. The number of phenols is 1. The van der Waals surface area contributed by atoms with E-state index in [1.54, 1.807) is 32.9 Å². The highest BCUT2D eigenvalue weighted by Gasteiger charge is 2.37. The number of nitriles is 1. The van der Waals surface area contributed by atoms with Crippen molar-refractivity contribution in [3.63, 3.8) is 0 Å². The Bertz CT molecular complexity index is 1160. The molecule has 3 N–H and O–H groups in total. The third-order valence-corrected chi connectivity index (χ3v) is 6.09. The summed E-state index contributed by atoms with van der Waals surface area (Å²) in [4.78, 5) is 41.8. The molecule has 9 nitrogen and oxygen atoms in total. The second kappa shape index (κ2) is 14.2. The van der Waals surface area contributed by atoms with E-state index in [1.807, 2.05) is 45.0 Å². The molecule has 210 valence electrons. The van der Waals surface area contributed by atoms with E-state index in [0.29, 0.717) is 17.7 Å². The van der Waals surface area contributed by atoms with Gasteiger partial charge in [0, 0.05) is 13.0 Å². The average Bonchev–Trinajstić information content (AvgIpc) is 2.85. The topological polar surface area (TPSA) is 132 Å². The molecule has 0 bridgehead atoms. The number of aromatic hydroxyl groups is 1. The van der Waals surface area contributed by atoms with E-state index >= 15 is 0 Å². The van der Waals surface area contributed by atoms with Gasteiger partial charge in [-0.1, -0.05) is 43.7 Å². The van der Waals surface area contributed by atoms with Crippen LogP contribution in [0.5, 0.6) is 5.75 Å². The number of unbranched alkanes of at least 4 members (excludes halogenated alkanes) is 1. The second-order valence-corrected chi connectivity index (χ2v) is 10.5. The lowest BCUT2D eigenvalue weighted by Crippen LogP contribution is -2.54. The third-order valence-electron chi connectivity index (χ3n) is 6.09. The standard InChI is InChI=1S/C30H40N4O5/c1-7-8-17-32-27(36)26(25-20(2)10-9-11-21(25)3)34(18-16-31)28(37)24(33-29(38)39-30(4,5)6)19-22-12-14-23(35)15-13-22/h9-15,24,26,35H,7-8,17-19H2,1-6H3,(H,32,36)(H,33,38). The molecule has 2 atom stereocenters. The Morgan fingerprint density at radius 3 is 2.23 bits per heavy atom. The van der Waals surface area contributed by atoms with E-state index in [1.165, 1.54) is 17.0 Å². The van der Waals surface area contributed by atoms with Gasteiger partial charge in [0.2, 0.25) is 11.8 Å². The second-order valence-electron chi connectivity index (χ2n) is 10.5. The molecule has 0 aliphatic heterocycles. The van der Waals surface area contributed by atoms with Gasteiger partial charge in [-0.15, -0.1) is 0 Å². The molecule has 2 unspecified atom stereocenters. The minimum atomic E-state index is -1.15. The van der Waals surface area contributed by atoms with E-state index in [-0.39, 0.29) is 18.7 Å². The molecule has 0 aromatic heterocycles. The van der Waals surface area contributed by atoms with Crippen LogP contribution < -0.4 is 10.6 Å². The third kappa shape index (κ3) is 9.32. The van der Waals surface area contributed by atoms with E-state index in [2.05, 4.69) is 10.6 Å². The fourth-order valence-electron chi connectivity index (χ4n) is 4.26. The fourth-order valence-corrected chi connectivity index (χ4v) is 4.26. The van der Waals surface area contributed by atoms with Gasteiger partial charge in [-0.25, -0.2) is 4.79 Å². The molecule has 0 saturated carbocycles. The fraction of sp³-hybridized carbons (Fsp3) is 0.467. The molecule has 2 aromatic rings. The predicted octanol–water partition coefficient (Wildman–Crippen LogP) is 4.45. The van der Waals surface area contributed by atoms with Gasteiger partial charge in [-0.2, -0.15) is 5.26 Å². The molecule has 3 amide bonds. The van der Waals surface area contributed by atoms with Crippen molar-refractivity contribution in [1.29, 1.82) is 5.26 Å². The van der Waals surface area contributed by atoms with Crippen LogP contribution in [0.1, 0.15) is 68.8 Å². The Balaban J connectivity index is 2.57. The van der Waals surface area contributed by atoms with Crippen molar-refractivity contribution in [2.75, 3.05) is 13.1 Å². The molecule has 0 radical (unpaired) electrons. The first-order valence-electron chi connectivity index (χ1n) is 13.2. The van der Waals surface area contributed by atoms with Crippen molar-refractivity contribution in [3.8, 4) is 11.8 Å². The van der Waals surface area contributed by atoms with E-state index in [4.69, 9.17) is 4.74 Å². The molecule has 0 aliphatic carbocycles. The summed E-state index contributed by atoms with van der Waals surface area (Å²) >= 11 is 0. The first-order chi connectivity index (χ1) is 18.4. The number of nitrogens with one attached hydrogen (secondary N) is 2. The number of aryl methyl sites for hydroxylation is 2. The van der Waals surface area contributed by atoms with Crippen molar-refractivity contribution in [3.05, 3.63) is 64.7 Å². The van der Waals surface area contributed by atoms with Crippen molar-refractivity contribution in [1.82, 2.24) is 15.5 Å². The summed E-state index contributed by atoms with van der Waals surface area (Å²) in [7, 11) is 0. The van der Waals surface area contributed by atoms with Crippen LogP contribution in [0.15, 0.2) is 42.5 Å². The summed E-state index contributed by atoms with van der Waals surface area (Å²) in [6.07, 6.45) is 0.898. The van der Waals surface area contributed by atoms with Crippen LogP contribution in [0.2, 0.25) is 0 Å². The van der Waals surface area contributed by atoms with Crippen LogP contribution in [-0.2, 0) is 20.7 Å². The largest absolute Gasteiger partial charge is 0.508 e. The molecule has 0 spiro atoms. The van der Waals surface area contributed by atoms with Gasteiger partial charge >= 0.3 is 6.09 Å². The lowest BCUT2D eigenvalue weighted by Gasteiger charge is -2.34. The summed E-state index contributed by atoms with van der Waals surface area (Å²) in [6, 6.07) is 11.6. The van der Waals surface area contributed by atoms with Gasteiger partial charge in [0.1, 0.15) is 30.0 Å². The molecule has 39 heavy (non-hydrogen) atoms. The van der Waals surface area contributed by atoms with Gasteiger partial charge in [-0.05, 0) is 75.4 Å². The molecule has 0 aliphatic rings. The number of nitrogens with zero attached hydrogens (tertiary/aromatic N) is 2. The first kappa shape index (κ1) is 31.2. The number of carbonyl (C=O) groups excluding carboxylic acids is 3. The van der Waals surface area contributed by atoms with Gasteiger partial charge in [0.15, 0.2) is 0 Å². The van der Waals surface area contributed by atoms with Gasteiger partial charge < -0.3 is 25.4 Å². The number of rotatable bonds is 11. The summed E-state index contributed by atoms with van der Waals surface area (Å²) in [5.41, 5.74) is 2.10. The van der Waals surface area contributed by atoms with Gasteiger partial charge in [0.25, 0.3) is 0 Å². The number of alkyl carbamates (subject to hydrolysis) is 1. The highest BCUT2D eigenvalue weighted by atomic mass is 16.6. The lowest BCUT2D eigenvalue weighted by atomic mass is 9.93. The molecule has 9 heteroatoms. The summed E-state index contributed by atoms with van der Waals surface area (Å²) in [5.74, 6) is -0.939. The first-order valence-corrected chi connectivity index (χ1v) is 13.2. The van der Waals surface area contributed by atoms with E-state index in [0.717, 1.165) is 24.0 Å². The Labute approximate surface area is 231 Å². The van der Waals surface area contributed by atoms with Crippen LogP contribution in [0, 0.1) is 25.2 Å². The highest BCUT2D eigenvalue weighted by Crippen LogP contribution is 2.29. The monoisotopic (exact) mass is 536 g/mol. The van der Waals surface area contributed by atoms with Crippen molar-refractivity contribution in [2.24, 2.45) is 0 Å². The molecule has 0 fully saturated rings. The Morgan fingerprint density at radius 1 is 1.08 bits per heavy atom. The molecule has 0 heterocycles. The Morgan fingerprint density at radius 2 is 1.69 bits per heavy atom. The number of phenolic OH excluding ortho intramolecular Hbond substituents is 1. The zero-order chi connectivity index (χ0) is 29.2. The van der Waals surface area contributed by atoms with Crippen molar-refractivity contribution in [2.45, 2.75) is 78.5 Å². The molecular weight excluding hydrogens is 496 g/mol. The van der Waals surface area contributed by atoms with Crippen LogP contribution >= 0.6 is 0 Å². The molecular formula is C30H40N4O5. The maximum absolute atomic E-state index is 14.2.